The molecule has 0 aromatic carbocycles. The van der Waals surface area contributed by atoms with Crippen LogP contribution in [0.3, 0.4) is 0 Å². The number of nitrogens with zero attached hydrogens (tertiary/aromatic N) is 1. The Morgan fingerprint density at radius 2 is 1.26 bits per heavy atom. The first-order valence-corrected chi connectivity index (χ1v) is 17.0. The highest BCUT2D eigenvalue weighted by Gasteiger charge is 2.23. The SMILES string of the molecule is CCCCC/C=C\C/C=C\CCCCCCCC(CCCCCCCCCC)OC(=O)OC1CCCN(C)C1. The van der Waals surface area contributed by atoms with Gasteiger partial charge in [0, 0.05) is 6.54 Å². The van der Waals surface area contributed by atoms with Gasteiger partial charge in [0.05, 0.1) is 0 Å². The van der Waals surface area contributed by atoms with E-state index in [-0.39, 0.29) is 12.2 Å². The van der Waals surface area contributed by atoms with E-state index >= 15 is 0 Å². The van der Waals surface area contributed by atoms with Crippen LogP contribution < -0.4 is 0 Å². The molecule has 0 aromatic rings. The number of unbranched alkanes of at least 4 members (excludes halogenated alkanes) is 15. The van der Waals surface area contributed by atoms with Crippen LogP contribution in [0, 0.1) is 0 Å². The number of carbonyl (C=O) groups excluding carboxylic acids is 1. The zero-order chi connectivity index (χ0) is 28.2. The summed E-state index contributed by atoms with van der Waals surface area (Å²) in [5, 5.41) is 0. The van der Waals surface area contributed by atoms with Crippen molar-refractivity contribution < 1.29 is 14.3 Å². The molecule has 1 fully saturated rings. The maximum Gasteiger partial charge on any atom is 0.508 e. The Balaban J connectivity index is 2.20. The number of allylic oxidation sites excluding steroid dienone is 4. The van der Waals surface area contributed by atoms with E-state index in [1.807, 2.05) is 0 Å². The molecule has 0 spiro atoms. The normalized spacial score (nSPS) is 17.3. The summed E-state index contributed by atoms with van der Waals surface area (Å²) in [5.74, 6) is 0. The molecule has 228 valence electrons. The number of rotatable bonds is 25. The van der Waals surface area contributed by atoms with E-state index in [2.05, 4.69) is 50.1 Å². The first-order valence-electron chi connectivity index (χ1n) is 17.0. The molecule has 0 saturated carbocycles. The number of likely N-dealkylation sites (tertiary alicyclic amines) is 1. The third kappa shape index (κ3) is 23.1. The van der Waals surface area contributed by atoms with Gasteiger partial charge in [0.25, 0.3) is 0 Å². The van der Waals surface area contributed by atoms with Crippen LogP contribution in [-0.4, -0.2) is 43.4 Å². The van der Waals surface area contributed by atoms with E-state index in [0.717, 1.165) is 58.0 Å². The summed E-state index contributed by atoms with van der Waals surface area (Å²) in [5.41, 5.74) is 0. The maximum absolute atomic E-state index is 12.6. The second kappa shape index (κ2) is 26.9. The van der Waals surface area contributed by atoms with Crippen molar-refractivity contribution in [2.45, 2.75) is 174 Å². The molecule has 2 unspecified atom stereocenters. The van der Waals surface area contributed by atoms with Crippen molar-refractivity contribution in [3.8, 4) is 0 Å². The summed E-state index contributed by atoms with van der Waals surface area (Å²) in [4.78, 5) is 14.8. The van der Waals surface area contributed by atoms with Crippen molar-refractivity contribution in [3.05, 3.63) is 24.3 Å². The van der Waals surface area contributed by atoms with Crippen LogP contribution >= 0.6 is 0 Å². The molecular formula is C35H65NO3. The van der Waals surface area contributed by atoms with Gasteiger partial charge in [-0.15, -0.1) is 0 Å². The van der Waals surface area contributed by atoms with E-state index in [4.69, 9.17) is 9.47 Å². The highest BCUT2D eigenvalue weighted by atomic mass is 16.7. The predicted molar refractivity (Wildman–Crippen MR) is 168 cm³/mol. The lowest BCUT2D eigenvalue weighted by atomic mass is 10.0. The Morgan fingerprint density at radius 3 is 1.85 bits per heavy atom. The minimum atomic E-state index is -0.442. The quantitative estimate of drug-likeness (QED) is 0.0647. The molecule has 0 aromatic heterocycles. The molecule has 39 heavy (non-hydrogen) atoms. The summed E-state index contributed by atoms with van der Waals surface area (Å²) >= 11 is 0. The molecule has 4 heteroatoms. The van der Waals surface area contributed by atoms with E-state index in [9.17, 15) is 4.79 Å². The minimum absolute atomic E-state index is 0.0110. The van der Waals surface area contributed by atoms with Gasteiger partial charge in [-0.25, -0.2) is 4.79 Å². The van der Waals surface area contributed by atoms with E-state index < -0.39 is 6.16 Å². The van der Waals surface area contributed by atoms with E-state index in [1.165, 1.54) is 103 Å². The molecule has 1 aliphatic heterocycles. The van der Waals surface area contributed by atoms with Crippen LogP contribution in [0.1, 0.15) is 162 Å². The van der Waals surface area contributed by atoms with E-state index in [0.29, 0.717) is 0 Å². The lowest BCUT2D eigenvalue weighted by molar-refractivity contribution is -0.0237. The van der Waals surface area contributed by atoms with Crippen LogP contribution in [0.2, 0.25) is 0 Å². The molecule has 0 amide bonds. The zero-order valence-corrected chi connectivity index (χ0v) is 26.3. The first-order chi connectivity index (χ1) is 19.2. The van der Waals surface area contributed by atoms with Gasteiger partial charge in [0.2, 0.25) is 0 Å². The molecule has 2 atom stereocenters. The lowest BCUT2D eigenvalue weighted by Gasteiger charge is -2.29. The third-order valence-corrected chi connectivity index (χ3v) is 7.96. The Hall–Kier alpha value is -1.29. The average Bonchev–Trinajstić information content (AvgIpc) is 2.92. The van der Waals surface area contributed by atoms with Crippen molar-refractivity contribution in [3.63, 3.8) is 0 Å². The van der Waals surface area contributed by atoms with Crippen molar-refractivity contribution in [2.75, 3.05) is 20.1 Å². The van der Waals surface area contributed by atoms with Crippen molar-refractivity contribution in [2.24, 2.45) is 0 Å². The Kier molecular flexibility index (Phi) is 24.7. The fourth-order valence-electron chi connectivity index (χ4n) is 5.47. The molecule has 0 aliphatic carbocycles. The van der Waals surface area contributed by atoms with Crippen molar-refractivity contribution in [1.29, 1.82) is 0 Å². The van der Waals surface area contributed by atoms with Crippen molar-refractivity contribution in [1.82, 2.24) is 4.90 Å². The maximum atomic E-state index is 12.6. The summed E-state index contributed by atoms with van der Waals surface area (Å²) in [7, 11) is 2.09. The second-order valence-corrected chi connectivity index (χ2v) is 11.9. The van der Waals surface area contributed by atoms with Gasteiger partial charge in [-0.05, 0) is 84.2 Å². The molecule has 1 heterocycles. The number of hydrogen-bond donors (Lipinski definition) is 0. The third-order valence-electron chi connectivity index (χ3n) is 7.96. The molecule has 0 bridgehead atoms. The summed E-state index contributed by atoms with van der Waals surface area (Å²) in [6.07, 6.45) is 37.0. The first kappa shape index (κ1) is 35.7. The van der Waals surface area contributed by atoms with Gasteiger partial charge in [-0.1, -0.05) is 115 Å². The molecular weight excluding hydrogens is 482 g/mol. The largest absolute Gasteiger partial charge is 0.508 e. The highest BCUT2D eigenvalue weighted by Crippen LogP contribution is 2.19. The summed E-state index contributed by atoms with van der Waals surface area (Å²) in [6, 6.07) is 0. The van der Waals surface area contributed by atoms with Crippen LogP contribution in [-0.2, 0) is 9.47 Å². The topological polar surface area (TPSA) is 38.8 Å². The zero-order valence-electron chi connectivity index (χ0n) is 26.3. The van der Waals surface area contributed by atoms with Crippen LogP contribution in [0.5, 0.6) is 0 Å². The van der Waals surface area contributed by atoms with Gasteiger partial charge in [-0.3, -0.25) is 0 Å². The molecule has 0 N–H and O–H groups in total. The summed E-state index contributed by atoms with van der Waals surface area (Å²) in [6.45, 7) is 6.43. The number of carbonyl (C=O) groups is 1. The van der Waals surface area contributed by atoms with Gasteiger partial charge >= 0.3 is 6.16 Å². The monoisotopic (exact) mass is 547 g/mol. The van der Waals surface area contributed by atoms with Gasteiger partial charge in [-0.2, -0.15) is 0 Å². The second-order valence-electron chi connectivity index (χ2n) is 11.9. The number of likely N-dealkylation sites (N-methyl/N-ethyl adjacent to an activating group) is 1. The number of piperidine rings is 1. The summed E-state index contributed by atoms with van der Waals surface area (Å²) < 4.78 is 11.6. The molecule has 1 rings (SSSR count). The fraction of sp³-hybridized carbons (Fsp3) is 0.857. The van der Waals surface area contributed by atoms with Crippen LogP contribution in [0.4, 0.5) is 4.79 Å². The van der Waals surface area contributed by atoms with Crippen molar-refractivity contribution >= 4 is 6.16 Å². The predicted octanol–water partition coefficient (Wildman–Crippen LogP) is 10.9. The minimum Gasteiger partial charge on any atom is -0.431 e. The fourth-order valence-corrected chi connectivity index (χ4v) is 5.47. The Labute approximate surface area is 243 Å². The van der Waals surface area contributed by atoms with E-state index in [1.54, 1.807) is 0 Å². The Morgan fingerprint density at radius 1 is 0.744 bits per heavy atom. The molecule has 0 radical (unpaired) electrons. The standard InChI is InChI=1S/C35H65NO3/c1-4-6-8-10-12-14-15-16-17-18-19-20-22-24-26-29-33(28-25-23-21-13-11-9-7-5-2)38-35(37)39-34-30-27-31-36(3)32-34/h12,14,16-17,33-34H,4-11,13,15,18-32H2,1-3H3/b14-12-,17-16-. The average molecular weight is 548 g/mol. The lowest BCUT2D eigenvalue weighted by Crippen LogP contribution is -2.38. The molecule has 1 saturated heterocycles. The van der Waals surface area contributed by atoms with Crippen LogP contribution in [0.25, 0.3) is 0 Å². The van der Waals surface area contributed by atoms with Gasteiger partial charge < -0.3 is 14.4 Å². The van der Waals surface area contributed by atoms with Gasteiger partial charge in [0.15, 0.2) is 0 Å². The van der Waals surface area contributed by atoms with Gasteiger partial charge in [0.1, 0.15) is 12.2 Å². The Bertz CT molecular complexity index is 603. The molecule has 4 nitrogen and oxygen atoms in total. The van der Waals surface area contributed by atoms with Crippen LogP contribution in [0.15, 0.2) is 24.3 Å². The smallest absolute Gasteiger partial charge is 0.431 e. The number of hydrogen-bond acceptors (Lipinski definition) is 4. The highest BCUT2D eigenvalue weighted by molar-refractivity contribution is 5.60. The molecule has 1 aliphatic rings. The number of ether oxygens (including phenoxy) is 2.